The maximum Gasteiger partial charge on any atom is 0.331 e. The zero-order valence-electron chi connectivity index (χ0n) is 5.83. The Morgan fingerprint density at radius 2 is 1.80 bits per heavy atom. The Labute approximate surface area is 58.2 Å². The molecule has 0 spiro atoms. The van der Waals surface area contributed by atoms with E-state index in [0.717, 1.165) is 6.92 Å². The molecule has 0 aromatic carbocycles. The van der Waals surface area contributed by atoms with Gasteiger partial charge in [0.2, 0.25) is 0 Å². The number of methoxy groups -OCH3 is 1. The van der Waals surface area contributed by atoms with Crippen LogP contribution in [0.1, 0.15) is 6.92 Å². The van der Waals surface area contributed by atoms with Gasteiger partial charge in [0.1, 0.15) is 6.61 Å². The number of carboxylic acid groups (broad SMARTS) is 1. The Bertz CT molecular complexity index is 98.6. The predicted octanol–water partition coefficient (Wildman–Crippen LogP) is -0.757. The smallest absolute Gasteiger partial charge is 0.331 e. The Kier molecular flexibility index (Phi) is 9.22. The molecular weight excluding hydrogens is 140 g/mol. The van der Waals surface area contributed by atoms with E-state index in [9.17, 15) is 4.79 Å². The molecule has 0 unspecified atom stereocenters. The van der Waals surface area contributed by atoms with E-state index in [2.05, 4.69) is 4.74 Å². The minimum Gasteiger partial charge on any atom is -0.481 e. The van der Waals surface area contributed by atoms with E-state index in [1.54, 1.807) is 0 Å². The molecule has 0 aliphatic heterocycles. The summed E-state index contributed by atoms with van der Waals surface area (Å²) in [4.78, 5) is 18.7. The number of rotatable bonds is 1. The van der Waals surface area contributed by atoms with Crippen molar-refractivity contribution in [2.45, 2.75) is 6.92 Å². The van der Waals surface area contributed by atoms with E-state index in [-0.39, 0.29) is 0 Å². The number of hydrogen-bond donors (Lipinski definition) is 2. The quantitative estimate of drug-likeness (QED) is 0.480. The van der Waals surface area contributed by atoms with Crippen molar-refractivity contribution < 1.29 is 24.5 Å². The summed E-state index contributed by atoms with van der Waals surface area (Å²) in [6.45, 7) is 0.552. The summed E-state index contributed by atoms with van der Waals surface area (Å²) in [6, 6.07) is 0. The van der Waals surface area contributed by atoms with Crippen molar-refractivity contribution in [3.05, 3.63) is 0 Å². The Balaban J connectivity index is 0. The van der Waals surface area contributed by atoms with Gasteiger partial charge in [-0.15, -0.1) is 0 Å². The minimum absolute atomic E-state index is 0.531. The molecule has 0 atom stereocenters. The molecule has 0 fully saturated rings. The van der Waals surface area contributed by atoms with Crippen LogP contribution < -0.4 is 0 Å². The van der Waals surface area contributed by atoms with Crippen molar-refractivity contribution in [3.63, 3.8) is 0 Å². The average Bonchev–Trinajstić information content (AvgIpc) is 1.85. The second-order valence-electron chi connectivity index (χ2n) is 1.25. The maximum atomic E-state index is 9.71. The van der Waals surface area contributed by atoms with Gasteiger partial charge in [-0.2, -0.15) is 0 Å². The predicted molar refractivity (Wildman–Crippen MR) is 32.4 cm³/mol. The van der Waals surface area contributed by atoms with E-state index < -0.39 is 18.5 Å². The molecule has 60 valence electrons. The van der Waals surface area contributed by atoms with Crippen LogP contribution in [0.2, 0.25) is 0 Å². The summed E-state index contributed by atoms with van der Waals surface area (Å²) >= 11 is 0. The number of carbonyl (C=O) groups excluding carboxylic acids is 1. The van der Waals surface area contributed by atoms with Crippen molar-refractivity contribution in [2.24, 2.45) is 0 Å². The summed E-state index contributed by atoms with van der Waals surface area (Å²) in [6.07, 6.45) is 0. The number of aliphatic carboxylic acids is 1. The van der Waals surface area contributed by atoms with Gasteiger partial charge in [-0.1, -0.05) is 0 Å². The van der Waals surface area contributed by atoms with E-state index >= 15 is 0 Å². The molecule has 5 heteroatoms. The van der Waals surface area contributed by atoms with Gasteiger partial charge in [-0.05, 0) is 0 Å². The van der Waals surface area contributed by atoms with E-state index in [4.69, 9.17) is 15.0 Å². The lowest BCUT2D eigenvalue weighted by Gasteiger charge is -1.86. The van der Waals surface area contributed by atoms with Gasteiger partial charge >= 0.3 is 5.97 Å². The molecule has 0 aromatic heterocycles. The second-order valence-corrected chi connectivity index (χ2v) is 1.25. The molecule has 0 aliphatic rings. The summed E-state index contributed by atoms with van der Waals surface area (Å²) in [7, 11) is 1.22. The third-order valence-corrected chi connectivity index (χ3v) is 0.357. The summed E-state index contributed by atoms with van der Waals surface area (Å²) < 4.78 is 4.01. The van der Waals surface area contributed by atoms with Gasteiger partial charge in [0.15, 0.2) is 0 Å². The monoisotopic (exact) mass is 150 g/mol. The highest BCUT2D eigenvalue weighted by Crippen LogP contribution is 1.63. The van der Waals surface area contributed by atoms with Crippen molar-refractivity contribution in [1.82, 2.24) is 0 Å². The third kappa shape index (κ3) is 28.6. The largest absolute Gasteiger partial charge is 0.481 e. The van der Waals surface area contributed by atoms with E-state index in [0.29, 0.717) is 0 Å². The summed E-state index contributed by atoms with van der Waals surface area (Å²) in [5.41, 5.74) is 0. The van der Waals surface area contributed by atoms with Crippen molar-refractivity contribution in [2.75, 3.05) is 13.7 Å². The number of esters is 1. The van der Waals surface area contributed by atoms with Crippen molar-refractivity contribution in [3.8, 4) is 0 Å². The molecule has 0 saturated carbocycles. The molecule has 0 bridgehead atoms. The standard InChI is InChI=1S/C3H6O3.C2H4O2/c1-6-3(5)2-4;1-2(3)4/h4H,2H2,1H3;1H3,(H,3,4). The molecular formula is C5H10O5. The zero-order chi connectivity index (χ0) is 8.57. The van der Waals surface area contributed by atoms with Gasteiger partial charge in [0, 0.05) is 6.92 Å². The number of aliphatic hydroxyl groups excluding tert-OH is 1. The number of aliphatic hydroxyl groups is 1. The molecule has 0 saturated heterocycles. The van der Waals surface area contributed by atoms with Crippen LogP contribution in [0, 0.1) is 0 Å². The molecule has 0 amide bonds. The fourth-order valence-electron chi connectivity index (χ4n) is 0.0645. The third-order valence-electron chi connectivity index (χ3n) is 0.357. The number of hydrogen-bond acceptors (Lipinski definition) is 4. The van der Waals surface area contributed by atoms with Gasteiger partial charge in [0.05, 0.1) is 7.11 Å². The SMILES string of the molecule is CC(=O)O.COC(=O)CO. The first-order valence-electron chi connectivity index (χ1n) is 2.41. The number of carboxylic acids is 1. The van der Waals surface area contributed by atoms with Gasteiger partial charge in [0.25, 0.3) is 5.97 Å². The molecule has 2 N–H and O–H groups in total. The lowest BCUT2D eigenvalue weighted by atomic mass is 10.8. The lowest BCUT2D eigenvalue weighted by Crippen LogP contribution is -2.04. The van der Waals surface area contributed by atoms with E-state index in [1.807, 2.05) is 0 Å². The molecule has 0 radical (unpaired) electrons. The van der Waals surface area contributed by atoms with Crippen LogP contribution in [0.5, 0.6) is 0 Å². The molecule has 0 aromatic rings. The van der Waals surface area contributed by atoms with Gasteiger partial charge in [-0.3, -0.25) is 4.79 Å². The fraction of sp³-hybridized carbons (Fsp3) is 0.600. The first-order valence-corrected chi connectivity index (χ1v) is 2.41. The Morgan fingerprint density at radius 1 is 1.50 bits per heavy atom. The van der Waals surface area contributed by atoms with Crippen LogP contribution >= 0.6 is 0 Å². The fourth-order valence-corrected chi connectivity index (χ4v) is 0.0645. The van der Waals surface area contributed by atoms with Crippen LogP contribution in [0.15, 0.2) is 0 Å². The first-order chi connectivity index (χ1) is 4.54. The molecule has 0 rings (SSSR count). The highest BCUT2D eigenvalue weighted by molar-refractivity contribution is 5.70. The van der Waals surface area contributed by atoms with Crippen LogP contribution in [0.4, 0.5) is 0 Å². The van der Waals surface area contributed by atoms with Crippen LogP contribution in [-0.4, -0.2) is 35.9 Å². The normalized spacial score (nSPS) is 7.10. The molecule has 5 nitrogen and oxygen atoms in total. The Hall–Kier alpha value is -1.10. The zero-order valence-corrected chi connectivity index (χ0v) is 5.83. The molecule has 10 heavy (non-hydrogen) atoms. The maximum absolute atomic E-state index is 9.71. The van der Waals surface area contributed by atoms with Crippen molar-refractivity contribution in [1.29, 1.82) is 0 Å². The van der Waals surface area contributed by atoms with Crippen LogP contribution in [0.3, 0.4) is 0 Å². The van der Waals surface area contributed by atoms with Gasteiger partial charge in [-0.25, -0.2) is 4.79 Å². The number of ether oxygens (including phenoxy) is 1. The van der Waals surface area contributed by atoms with Crippen molar-refractivity contribution >= 4 is 11.9 Å². The average molecular weight is 150 g/mol. The van der Waals surface area contributed by atoms with Crippen LogP contribution in [0.25, 0.3) is 0 Å². The second kappa shape index (κ2) is 7.90. The number of carbonyl (C=O) groups is 2. The van der Waals surface area contributed by atoms with Crippen LogP contribution in [-0.2, 0) is 14.3 Å². The minimum atomic E-state index is -0.833. The molecule has 0 aliphatic carbocycles. The highest BCUT2D eigenvalue weighted by Gasteiger charge is 1.89. The molecule has 0 heterocycles. The summed E-state index contributed by atoms with van der Waals surface area (Å²) in [5.74, 6) is -1.44. The topological polar surface area (TPSA) is 83.8 Å². The lowest BCUT2D eigenvalue weighted by molar-refractivity contribution is -0.143. The van der Waals surface area contributed by atoms with Gasteiger partial charge < -0.3 is 14.9 Å². The first kappa shape index (κ1) is 11.7. The summed E-state index contributed by atoms with van der Waals surface area (Å²) in [5, 5.41) is 15.3. The van der Waals surface area contributed by atoms with E-state index in [1.165, 1.54) is 7.11 Å². The highest BCUT2D eigenvalue weighted by atomic mass is 16.5. The Morgan fingerprint density at radius 3 is 1.80 bits per heavy atom.